The van der Waals surface area contributed by atoms with E-state index in [1.54, 1.807) is 0 Å². The van der Waals surface area contributed by atoms with Gasteiger partial charge in [-0.05, 0) is 43.0 Å². The summed E-state index contributed by atoms with van der Waals surface area (Å²) in [7, 11) is 0. The van der Waals surface area contributed by atoms with E-state index in [9.17, 15) is 9.18 Å². The molecule has 1 aromatic carbocycles. The quantitative estimate of drug-likeness (QED) is 0.746. The zero-order valence-electron chi connectivity index (χ0n) is 9.45. The van der Waals surface area contributed by atoms with E-state index in [1.165, 1.54) is 24.3 Å². The fourth-order valence-corrected chi connectivity index (χ4v) is 1.74. The molecule has 0 aliphatic heterocycles. The molecular formula is C12H16FN3O. The number of amides is 2. The molecule has 0 aromatic heterocycles. The van der Waals surface area contributed by atoms with Crippen molar-refractivity contribution in [2.75, 3.05) is 11.9 Å². The molecule has 0 heterocycles. The van der Waals surface area contributed by atoms with Gasteiger partial charge in [-0.15, -0.1) is 0 Å². The second-order valence-electron chi connectivity index (χ2n) is 4.28. The lowest BCUT2D eigenvalue weighted by Crippen LogP contribution is -2.43. The van der Waals surface area contributed by atoms with Crippen LogP contribution in [0.5, 0.6) is 0 Å². The monoisotopic (exact) mass is 237 g/mol. The number of nitrogens with one attached hydrogen (secondary N) is 2. The lowest BCUT2D eigenvalue weighted by Gasteiger charge is -2.16. The van der Waals surface area contributed by atoms with E-state index in [-0.39, 0.29) is 17.9 Å². The summed E-state index contributed by atoms with van der Waals surface area (Å²) in [6, 6.07) is 5.38. The molecule has 2 amide bonds. The molecule has 1 fully saturated rings. The van der Waals surface area contributed by atoms with Crippen molar-refractivity contribution in [1.82, 2.24) is 5.32 Å². The van der Waals surface area contributed by atoms with Crippen LogP contribution in [-0.4, -0.2) is 18.6 Å². The third-order valence-electron chi connectivity index (χ3n) is 2.86. The number of nitrogens with two attached hydrogens (primary N) is 1. The fraction of sp³-hybridized carbons (Fsp3) is 0.417. The molecule has 0 bridgehead atoms. The number of carbonyl (C=O) groups is 1. The van der Waals surface area contributed by atoms with E-state index < -0.39 is 0 Å². The van der Waals surface area contributed by atoms with Crippen LogP contribution in [0.1, 0.15) is 12.8 Å². The minimum absolute atomic E-state index is 0.0375. The van der Waals surface area contributed by atoms with E-state index in [1.807, 2.05) is 0 Å². The molecule has 1 atom stereocenters. The van der Waals surface area contributed by atoms with Crippen molar-refractivity contribution >= 4 is 11.7 Å². The van der Waals surface area contributed by atoms with Gasteiger partial charge in [-0.2, -0.15) is 0 Å². The Balaban J connectivity index is 1.85. The van der Waals surface area contributed by atoms with Crippen molar-refractivity contribution in [3.8, 4) is 0 Å². The molecule has 0 saturated heterocycles. The summed E-state index contributed by atoms with van der Waals surface area (Å²) in [4.78, 5) is 11.6. The summed E-state index contributed by atoms with van der Waals surface area (Å²) in [5, 5.41) is 5.47. The highest BCUT2D eigenvalue weighted by atomic mass is 19.1. The van der Waals surface area contributed by atoms with Crippen molar-refractivity contribution in [1.29, 1.82) is 0 Å². The summed E-state index contributed by atoms with van der Waals surface area (Å²) >= 11 is 0. The van der Waals surface area contributed by atoms with Gasteiger partial charge in [0.05, 0.1) is 0 Å². The summed E-state index contributed by atoms with van der Waals surface area (Å²) in [6.07, 6.45) is 2.25. The summed E-state index contributed by atoms with van der Waals surface area (Å²) < 4.78 is 12.7. The number of hydrogen-bond acceptors (Lipinski definition) is 2. The van der Waals surface area contributed by atoms with Gasteiger partial charge in [0.15, 0.2) is 0 Å². The fourth-order valence-electron chi connectivity index (χ4n) is 1.74. The minimum atomic E-state index is -0.325. The Morgan fingerprint density at radius 1 is 1.41 bits per heavy atom. The second-order valence-corrected chi connectivity index (χ2v) is 4.28. The van der Waals surface area contributed by atoms with E-state index in [4.69, 9.17) is 5.73 Å². The van der Waals surface area contributed by atoms with Gasteiger partial charge < -0.3 is 16.4 Å². The Bertz CT molecular complexity index is 389. The molecule has 17 heavy (non-hydrogen) atoms. The second kappa shape index (κ2) is 5.14. The van der Waals surface area contributed by atoms with Crippen molar-refractivity contribution in [3.63, 3.8) is 0 Å². The van der Waals surface area contributed by atoms with Crippen molar-refractivity contribution in [2.24, 2.45) is 11.7 Å². The van der Waals surface area contributed by atoms with Crippen LogP contribution >= 0.6 is 0 Å². The SMILES string of the molecule is NCC(NC(=O)Nc1ccc(F)cc1)C1CC1. The van der Waals surface area contributed by atoms with Crippen LogP contribution in [0.15, 0.2) is 24.3 Å². The standard InChI is InChI=1S/C12H16FN3O/c13-9-3-5-10(6-4-9)15-12(17)16-11(7-14)8-1-2-8/h3-6,8,11H,1-2,7,14H2,(H2,15,16,17). The maximum Gasteiger partial charge on any atom is 0.319 e. The first-order chi connectivity index (χ1) is 8.19. The maximum absolute atomic E-state index is 12.7. The number of benzene rings is 1. The zero-order valence-corrected chi connectivity index (χ0v) is 9.45. The minimum Gasteiger partial charge on any atom is -0.334 e. The lowest BCUT2D eigenvalue weighted by atomic mass is 10.2. The predicted octanol–water partition coefficient (Wildman–Crippen LogP) is 1.68. The van der Waals surface area contributed by atoms with Crippen LogP contribution < -0.4 is 16.4 Å². The molecule has 2 rings (SSSR count). The topological polar surface area (TPSA) is 67.1 Å². The zero-order chi connectivity index (χ0) is 12.3. The van der Waals surface area contributed by atoms with E-state index >= 15 is 0 Å². The highest BCUT2D eigenvalue weighted by Crippen LogP contribution is 2.32. The first-order valence-corrected chi connectivity index (χ1v) is 5.72. The molecule has 0 spiro atoms. The molecule has 4 N–H and O–H groups in total. The van der Waals surface area contributed by atoms with Crippen molar-refractivity contribution < 1.29 is 9.18 Å². The van der Waals surface area contributed by atoms with Gasteiger partial charge in [-0.25, -0.2) is 9.18 Å². The smallest absolute Gasteiger partial charge is 0.319 e. The Labute approximate surface area is 99.4 Å². The largest absolute Gasteiger partial charge is 0.334 e. The summed E-state index contributed by atoms with van der Waals surface area (Å²) in [5.74, 6) is 0.188. The van der Waals surface area contributed by atoms with Crippen LogP contribution in [0.25, 0.3) is 0 Å². The number of anilines is 1. The van der Waals surface area contributed by atoms with Gasteiger partial charge in [0, 0.05) is 18.3 Å². The molecule has 4 nitrogen and oxygen atoms in total. The van der Waals surface area contributed by atoms with Gasteiger partial charge in [0.25, 0.3) is 0 Å². The van der Waals surface area contributed by atoms with Crippen molar-refractivity contribution in [2.45, 2.75) is 18.9 Å². The van der Waals surface area contributed by atoms with Gasteiger partial charge in [0.2, 0.25) is 0 Å². The average Bonchev–Trinajstić information content (AvgIpc) is 3.13. The molecule has 5 heteroatoms. The normalized spacial score (nSPS) is 16.4. The molecular weight excluding hydrogens is 221 g/mol. The molecule has 0 radical (unpaired) electrons. The molecule has 1 aliphatic carbocycles. The third kappa shape index (κ3) is 3.42. The third-order valence-corrected chi connectivity index (χ3v) is 2.86. The molecule has 1 unspecified atom stereocenters. The van der Waals surface area contributed by atoms with Crippen molar-refractivity contribution in [3.05, 3.63) is 30.1 Å². The number of halogens is 1. The number of urea groups is 1. The Hall–Kier alpha value is -1.62. The van der Waals surface area contributed by atoms with Gasteiger partial charge in [-0.1, -0.05) is 0 Å². The highest BCUT2D eigenvalue weighted by molar-refractivity contribution is 5.89. The predicted molar refractivity (Wildman–Crippen MR) is 64.1 cm³/mol. The van der Waals surface area contributed by atoms with Gasteiger partial charge in [0.1, 0.15) is 5.82 Å². The van der Waals surface area contributed by atoms with Crippen LogP contribution in [0.3, 0.4) is 0 Å². The number of hydrogen-bond donors (Lipinski definition) is 3. The molecule has 1 saturated carbocycles. The van der Waals surface area contributed by atoms with Crippen LogP contribution in [-0.2, 0) is 0 Å². The Morgan fingerprint density at radius 3 is 2.59 bits per heavy atom. The van der Waals surface area contributed by atoms with E-state index in [2.05, 4.69) is 10.6 Å². The highest BCUT2D eigenvalue weighted by Gasteiger charge is 2.31. The maximum atomic E-state index is 12.7. The first-order valence-electron chi connectivity index (χ1n) is 5.72. The van der Waals surface area contributed by atoms with Crippen LogP contribution in [0.2, 0.25) is 0 Å². The summed E-state index contributed by atoms with van der Waals surface area (Å²) in [6.45, 7) is 0.446. The molecule has 92 valence electrons. The lowest BCUT2D eigenvalue weighted by molar-refractivity contribution is 0.247. The van der Waals surface area contributed by atoms with Crippen LogP contribution in [0, 0.1) is 11.7 Å². The average molecular weight is 237 g/mol. The molecule has 1 aromatic rings. The van der Waals surface area contributed by atoms with E-state index in [0.717, 1.165) is 12.8 Å². The Kier molecular flexibility index (Phi) is 3.58. The van der Waals surface area contributed by atoms with E-state index in [0.29, 0.717) is 18.2 Å². The van der Waals surface area contributed by atoms with Crippen LogP contribution in [0.4, 0.5) is 14.9 Å². The van der Waals surface area contributed by atoms with Gasteiger partial charge in [-0.3, -0.25) is 0 Å². The van der Waals surface area contributed by atoms with Gasteiger partial charge >= 0.3 is 6.03 Å². The molecule has 1 aliphatic rings. The first kappa shape index (κ1) is 11.9. The summed E-state index contributed by atoms with van der Waals surface area (Å²) in [5.41, 5.74) is 6.15. The number of rotatable bonds is 4. The Morgan fingerprint density at radius 2 is 2.06 bits per heavy atom. The number of carbonyl (C=O) groups excluding carboxylic acids is 1.